The van der Waals surface area contributed by atoms with Crippen LogP contribution in [0.5, 0.6) is 0 Å². The van der Waals surface area contributed by atoms with Crippen LogP contribution in [0.1, 0.15) is 0 Å². The quantitative estimate of drug-likeness (QED) is 0.592. The maximum absolute atomic E-state index is 9.05. The highest BCUT2D eigenvalue weighted by Crippen LogP contribution is 2.08. The van der Waals surface area contributed by atoms with Gasteiger partial charge < -0.3 is 10.0 Å². The number of fused-ring (bicyclic) bond motifs is 1. The molecule has 4 heteroatoms. The first-order valence-corrected chi connectivity index (χ1v) is 3.98. The number of aromatic nitrogens is 1. The van der Waals surface area contributed by atoms with Crippen LogP contribution in [0.2, 0.25) is 0 Å². The van der Waals surface area contributed by atoms with Gasteiger partial charge in [-0.25, -0.2) is 0 Å². The van der Waals surface area contributed by atoms with E-state index in [0.717, 1.165) is 10.8 Å². The molecule has 0 saturated carbocycles. The third-order valence-corrected chi connectivity index (χ3v) is 2.00. The molecule has 1 aromatic heterocycles. The lowest BCUT2D eigenvalue weighted by molar-refractivity contribution is 0.426. The summed E-state index contributed by atoms with van der Waals surface area (Å²) in [6, 6.07) is 7.20. The van der Waals surface area contributed by atoms with E-state index in [1.54, 1.807) is 24.5 Å². The van der Waals surface area contributed by atoms with E-state index in [2.05, 4.69) is 4.98 Å². The molecule has 0 radical (unpaired) electrons. The Morgan fingerprint density at radius 1 is 1.15 bits per heavy atom. The fourth-order valence-corrected chi connectivity index (χ4v) is 1.36. The zero-order valence-electron chi connectivity index (χ0n) is 6.88. The fourth-order valence-electron chi connectivity index (χ4n) is 1.36. The molecule has 0 amide bonds. The van der Waals surface area contributed by atoms with Gasteiger partial charge in [0.1, 0.15) is 0 Å². The molecule has 0 aliphatic heterocycles. The van der Waals surface area contributed by atoms with E-state index in [9.17, 15) is 0 Å². The van der Waals surface area contributed by atoms with Crippen molar-refractivity contribution in [1.82, 2.24) is 4.98 Å². The molecule has 0 aliphatic rings. The molecule has 0 unspecified atom stereocenters. The van der Waals surface area contributed by atoms with Crippen LogP contribution >= 0.6 is 0 Å². The van der Waals surface area contributed by atoms with Crippen LogP contribution in [0.3, 0.4) is 0 Å². The molecule has 2 aromatic rings. The number of pyridine rings is 1. The Morgan fingerprint density at radius 3 is 2.77 bits per heavy atom. The van der Waals surface area contributed by atoms with E-state index in [4.69, 9.17) is 10.0 Å². The molecular formula is C9H8BNO2. The molecular weight excluding hydrogens is 165 g/mol. The van der Waals surface area contributed by atoms with Gasteiger partial charge in [-0.3, -0.25) is 4.98 Å². The summed E-state index contributed by atoms with van der Waals surface area (Å²) < 4.78 is 0. The normalized spacial score (nSPS) is 10.3. The Hall–Kier alpha value is -1.39. The molecule has 13 heavy (non-hydrogen) atoms. The van der Waals surface area contributed by atoms with Crippen LogP contribution in [0.15, 0.2) is 36.7 Å². The van der Waals surface area contributed by atoms with Crippen molar-refractivity contribution in [3.63, 3.8) is 0 Å². The van der Waals surface area contributed by atoms with Gasteiger partial charge in [-0.1, -0.05) is 18.2 Å². The molecule has 3 nitrogen and oxygen atoms in total. The van der Waals surface area contributed by atoms with Crippen LogP contribution in [-0.4, -0.2) is 22.2 Å². The minimum atomic E-state index is -1.44. The second-order valence-electron chi connectivity index (χ2n) is 2.82. The van der Waals surface area contributed by atoms with Gasteiger partial charge in [0, 0.05) is 12.4 Å². The number of hydrogen-bond donors (Lipinski definition) is 2. The maximum Gasteiger partial charge on any atom is 0.489 e. The van der Waals surface area contributed by atoms with Crippen LogP contribution in [-0.2, 0) is 0 Å². The van der Waals surface area contributed by atoms with Crippen molar-refractivity contribution in [3.05, 3.63) is 36.7 Å². The lowest BCUT2D eigenvalue weighted by Gasteiger charge is -2.03. The van der Waals surface area contributed by atoms with Crippen LogP contribution in [0.4, 0.5) is 0 Å². The van der Waals surface area contributed by atoms with Gasteiger partial charge in [0.05, 0.1) is 0 Å². The number of nitrogens with zero attached hydrogens (tertiary/aromatic N) is 1. The second kappa shape index (κ2) is 3.16. The van der Waals surface area contributed by atoms with E-state index in [0.29, 0.717) is 5.46 Å². The predicted molar refractivity (Wildman–Crippen MR) is 51.6 cm³/mol. The van der Waals surface area contributed by atoms with Gasteiger partial charge in [0.25, 0.3) is 0 Å². The monoisotopic (exact) mass is 173 g/mol. The van der Waals surface area contributed by atoms with Crippen molar-refractivity contribution in [2.75, 3.05) is 0 Å². The largest absolute Gasteiger partial charge is 0.489 e. The summed E-state index contributed by atoms with van der Waals surface area (Å²) in [6.07, 6.45) is 3.31. The molecule has 64 valence electrons. The smallest absolute Gasteiger partial charge is 0.423 e. The van der Waals surface area contributed by atoms with E-state index < -0.39 is 7.12 Å². The number of benzene rings is 1. The molecule has 1 aromatic carbocycles. The molecule has 1 heterocycles. The Morgan fingerprint density at radius 2 is 2.00 bits per heavy atom. The van der Waals surface area contributed by atoms with Crippen molar-refractivity contribution >= 4 is 23.4 Å². The topological polar surface area (TPSA) is 53.4 Å². The third kappa shape index (κ3) is 1.41. The minimum absolute atomic E-state index is 0.491. The summed E-state index contributed by atoms with van der Waals surface area (Å²) in [5.74, 6) is 0. The van der Waals surface area contributed by atoms with Gasteiger partial charge in [-0.15, -0.1) is 0 Å². The van der Waals surface area contributed by atoms with Crippen LogP contribution in [0.25, 0.3) is 10.8 Å². The zero-order valence-corrected chi connectivity index (χ0v) is 6.88. The Kier molecular flexibility index (Phi) is 2.00. The predicted octanol–water partition coefficient (Wildman–Crippen LogP) is -0.0854. The summed E-state index contributed by atoms with van der Waals surface area (Å²) in [5, 5.41) is 19.8. The number of rotatable bonds is 1. The van der Waals surface area contributed by atoms with Gasteiger partial charge in [-0.05, 0) is 22.3 Å². The third-order valence-electron chi connectivity index (χ3n) is 2.00. The highest BCUT2D eigenvalue weighted by molar-refractivity contribution is 6.61. The second-order valence-corrected chi connectivity index (χ2v) is 2.82. The first-order chi connectivity index (χ1) is 6.29. The summed E-state index contributed by atoms with van der Waals surface area (Å²) in [4.78, 5) is 3.93. The molecule has 0 atom stereocenters. The lowest BCUT2D eigenvalue weighted by Crippen LogP contribution is -2.30. The van der Waals surface area contributed by atoms with E-state index in [1.165, 1.54) is 0 Å². The molecule has 0 saturated heterocycles. The Balaban J connectivity index is 2.76. The first-order valence-electron chi connectivity index (χ1n) is 3.98. The fraction of sp³-hybridized carbons (Fsp3) is 0. The molecule has 2 rings (SSSR count). The van der Waals surface area contributed by atoms with E-state index in [1.807, 2.05) is 12.1 Å². The van der Waals surface area contributed by atoms with Gasteiger partial charge in [-0.2, -0.15) is 0 Å². The van der Waals surface area contributed by atoms with Crippen LogP contribution < -0.4 is 5.46 Å². The average molecular weight is 173 g/mol. The Bertz CT molecular complexity index is 425. The van der Waals surface area contributed by atoms with E-state index >= 15 is 0 Å². The molecule has 0 spiro atoms. The molecule has 0 aliphatic carbocycles. The summed E-state index contributed by atoms with van der Waals surface area (Å²) in [5.41, 5.74) is 0.491. The zero-order chi connectivity index (χ0) is 9.26. The summed E-state index contributed by atoms with van der Waals surface area (Å²) in [6.45, 7) is 0. The van der Waals surface area contributed by atoms with E-state index in [-0.39, 0.29) is 0 Å². The standard InChI is InChI=1S/C9H8BNO2/c12-10(13)9-3-1-2-7-4-5-11-6-8(7)9/h1-6,12-13H. The van der Waals surface area contributed by atoms with Crippen molar-refractivity contribution in [3.8, 4) is 0 Å². The summed E-state index contributed by atoms with van der Waals surface area (Å²) >= 11 is 0. The van der Waals surface area contributed by atoms with Gasteiger partial charge in [0.2, 0.25) is 0 Å². The summed E-state index contributed by atoms with van der Waals surface area (Å²) in [7, 11) is -1.44. The molecule has 0 fully saturated rings. The number of hydrogen-bond acceptors (Lipinski definition) is 3. The van der Waals surface area contributed by atoms with Gasteiger partial charge in [0.15, 0.2) is 0 Å². The lowest BCUT2D eigenvalue weighted by atomic mass is 9.78. The highest BCUT2D eigenvalue weighted by atomic mass is 16.4. The van der Waals surface area contributed by atoms with Gasteiger partial charge >= 0.3 is 7.12 Å². The first kappa shape index (κ1) is 8.22. The SMILES string of the molecule is OB(O)c1cccc2ccncc12. The molecule has 2 N–H and O–H groups in total. The average Bonchev–Trinajstić information content (AvgIpc) is 2.17. The van der Waals surface area contributed by atoms with Crippen molar-refractivity contribution in [2.45, 2.75) is 0 Å². The minimum Gasteiger partial charge on any atom is -0.423 e. The molecule has 0 bridgehead atoms. The van der Waals surface area contributed by atoms with Crippen molar-refractivity contribution in [2.24, 2.45) is 0 Å². The van der Waals surface area contributed by atoms with Crippen LogP contribution in [0, 0.1) is 0 Å². The Labute approximate surface area is 75.8 Å². The van der Waals surface area contributed by atoms with Crippen molar-refractivity contribution in [1.29, 1.82) is 0 Å². The highest BCUT2D eigenvalue weighted by Gasteiger charge is 2.13. The van der Waals surface area contributed by atoms with Crippen molar-refractivity contribution < 1.29 is 10.0 Å². The maximum atomic E-state index is 9.05.